The molecule has 140 valence electrons. The zero-order chi connectivity index (χ0) is 17.5. The summed E-state index contributed by atoms with van der Waals surface area (Å²) in [7, 11) is 4.82. The van der Waals surface area contributed by atoms with Crippen molar-refractivity contribution in [2.75, 3.05) is 46.2 Å². The highest BCUT2D eigenvalue weighted by atomic mass is 35.5. The molecule has 0 saturated carbocycles. The van der Waals surface area contributed by atoms with Crippen LogP contribution < -0.4 is 20.1 Å². The number of benzene rings is 1. The van der Waals surface area contributed by atoms with Gasteiger partial charge in [-0.1, -0.05) is 0 Å². The van der Waals surface area contributed by atoms with Crippen molar-refractivity contribution in [3.8, 4) is 11.5 Å². The van der Waals surface area contributed by atoms with E-state index in [-0.39, 0.29) is 24.2 Å². The molecule has 2 amide bonds. The van der Waals surface area contributed by atoms with E-state index in [9.17, 15) is 9.59 Å². The van der Waals surface area contributed by atoms with Crippen LogP contribution in [0, 0.1) is 0 Å². The van der Waals surface area contributed by atoms with Crippen LogP contribution in [0.2, 0.25) is 0 Å². The maximum absolute atomic E-state index is 12.8. The van der Waals surface area contributed by atoms with Crippen molar-refractivity contribution in [2.24, 2.45) is 0 Å². The van der Waals surface area contributed by atoms with Gasteiger partial charge < -0.3 is 25.0 Å². The topological polar surface area (TPSA) is 79.9 Å². The number of amides is 2. The van der Waals surface area contributed by atoms with Crippen LogP contribution in [0.25, 0.3) is 0 Å². The Morgan fingerprint density at radius 3 is 2.28 bits per heavy atom. The highest BCUT2D eigenvalue weighted by Crippen LogP contribution is 2.34. The molecule has 0 spiro atoms. The van der Waals surface area contributed by atoms with Gasteiger partial charge in [-0.25, -0.2) is 0 Å². The molecule has 0 radical (unpaired) electrons. The molecule has 2 N–H and O–H groups in total. The lowest BCUT2D eigenvalue weighted by molar-refractivity contribution is -0.116. The number of nitrogens with zero attached hydrogens (tertiary/aromatic N) is 1. The highest BCUT2D eigenvalue weighted by Gasteiger charge is 2.24. The van der Waals surface area contributed by atoms with Gasteiger partial charge in [0, 0.05) is 32.1 Å². The number of carbonyl (C=O) groups excluding carboxylic acids is 2. The van der Waals surface area contributed by atoms with Gasteiger partial charge in [-0.3, -0.25) is 9.59 Å². The minimum Gasteiger partial charge on any atom is -0.493 e. The van der Waals surface area contributed by atoms with Crippen molar-refractivity contribution >= 4 is 29.9 Å². The van der Waals surface area contributed by atoms with Crippen LogP contribution in [-0.4, -0.2) is 57.6 Å². The van der Waals surface area contributed by atoms with Gasteiger partial charge >= 0.3 is 0 Å². The largest absolute Gasteiger partial charge is 0.493 e. The first-order valence-electron chi connectivity index (χ1n) is 8.10. The van der Waals surface area contributed by atoms with Gasteiger partial charge in [0.05, 0.1) is 25.5 Å². The fourth-order valence-corrected chi connectivity index (χ4v) is 2.70. The van der Waals surface area contributed by atoms with Crippen molar-refractivity contribution in [3.05, 3.63) is 17.7 Å². The van der Waals surface area contributed by atoms with E-state index in [0.717, 1.165) is 25.9 Å². The van der Waals surface area contributed by atoms with Crippen molar-refractivity contribution in [3.63, 3.8) is 0 Å². The number of halogens is 1. The fraction of sp³-hybridized carbons (Fsp3) is 0.529. The SMILES string of the molecule is CNCCC(=O)Nc1cc(OC)c(OC)cc1C(=O)N1CCCC1.Cl. The quantitative estimate of drug-likeness (QED) is 0.765. The lowest BCUT2D eigenvalue weighted by atomic mass is 10.1. The van der Waals surface area contributed by atoms with Crippen molar-refractivity contribution in [1.29, 1.82) is 0 Å². The molecule has 0 unspecified atom stereocenters. The summed E-state index contributed by atoms with van der Waals surface area (Å²) in [5, 5.41) is 5.74. The maximum atomic E-state index is 12.8. The first-order chi connectivity index (χ1) is 11.6. The molecule has 1 heterocycles. The lowest BCUT2D eigenvalue weighted by Gasteiger charge is -2.20. The normalized spacial score (nSPS) is 13.2. The van der Waals surface area contributed by atoms with E-state index < -0.39 is 0 Å². The van der Waals surface area contributed by atoms with Crippen LogP contribution in [0.1, 0.15) is 29.6 Å². The summed E-state index contributed by atoms with van der Waals surface area (Å²) >= 11 is 0. The Morgan fingerprint density at radius 1 is 1.12 bits per heavy atom. The lowest BCUT2D eigenvalue weighted by Crippen LogP contribution is -2.29. The zero-order valence-electron chi connectivity index (χ0n) is 14.9. The van der Waals surface area contributed by atoms with E-state index in [0.29, 0.717) is 35.7 Å². The van der Waals surface area contributed by atoms with Crippen LogP contribution in [0.3, 0.4) is 0 Å². The van der Waals surface area contributed by atoms with Gasteiger partial charge in [0.15, 0.2) is 11.5 Å². The van der Waals surface area contributed by atoms with Crippen LogP contribution in [0.4, 0.5) is 5.69 Å². The summed E-state index contributed by atoms with van der Waals surface area (Å²) in [5.41, 5.74) is 0.873. The summed E-state index contributed by atoms with van der Waals surface area (Å²) in [6.45, 7) is 2.04. The molecule has 1 aromatic carbocycles. The summed E-state index contributed by atoms with van der Waals surface area (Å²) in [4.78, 5) is 26.7. The highest BCUT2D eigenvalue weighted by molar-refractivity contribution is 6.04. The second kappa shape index (κ2) is 10.1. The number of methoxy groups -OCH3 is 2. The molecular formula is C17H26ClN3O4. The Kier molecular flexibility index (Phi) is 8.51. The van der Waals surface area contributed by atoms with Gasteiger partial charge in [0.25, 0.3) is 5.91 Å². The summed E-state index contributed by atoms with van der Waals surface area (Å²) in [5.74, 6) is 0.678. The Morgan fingerprint density at radius 2 is 1.72 bits per heavy atom. The van der Waals surface area contributed by atoms with E-state index in [1.165, 1.54) is 14.2 Å². The smallest absolute Gasteiger partial charge is 0.256 e. The second-order valence-electron chi connectivity index (χ2n) is 5.65. The minimum atomic E-state index is -0.160. The van der Waals surface area contributed by atoms with Crippen LogP contribution in [0.15, 0.2) is 12.1 Å². The molecular weight excluding hydrogens is 346 g/mol. The standard InChI is InChI=1S/C17H25N3O4.ClH/c1-18-7-6-16(21)19-13-11-15(24-3)14(23-2)10-12(13)17(22)20-8-4-5-9-20;/h10-11,18H,4-9H2,1-3H3,(H,19,21);1H. The number of hydrogen-bond donors (Lipinski definition) is 2. The molecule has 8 heteroatoms. The average Bonchev–Trinajstić information content (AvgIpc) is 3.13. The molecule has 1 aliphatic heterocycles. The summed E-state index contributed by atoms with van der Waals surface area (Å²) in [6, 6.07) is 3.27. The van der Waals surface area contributed by atoms with Crippen molar-refractivity contribution in [1.82, 2.24) is 10.2 Å². The van der Waals surface area contributed by atoms with Crippen molar-refractivity contribution in [2.45, 2.75) is 19.3 Å². The van der Waals surface area contributed by atoms with E-state index in [1.54, 1.807) is 24.1 Å². The number of likely N-dealkylation sites (tertiary alicyclic amines) is 1. The molecule has 2 rings (SSSR count). The Hall–Kier alpha value is -1.99. The molecule has 1 aliphatic rings. The van der Waals surface area contributed by atoms with Gasteiger partial charge in [-0.15, -0.1) is 12.4 Å². The summed E-state index contributed by atoms with van der Waals surface area (Å²) in [6.07, 6.45) is 2.33. The molecule has 25 heavy (non-hydrogen) atoms. The molecule has 0 aliphatic carbocycles. The Bertz CT molecular complexity index is 604. The summed E-state index contributed by atoms with van der Waals surface area (Å²) < 4.78 is 10.6. The monoisotopic (exact) mass is 371 g/mol. The Balaban J connectivity index is 0.00000312. The molecule has 0 atom stereocenters. The van der Waals surface area contributed by atoms with E-state index in [4.69, 9.17) is 9.47 Å². The first kappa shape index (κ1) is 21.1. The fourth-order valence-electron chi connectivity index (χ4n) is 2.70. The predicted molar refractivity (Wildman–Crippen MR) is 99.1 cm³/mol. The van der Waals surface area contributed by atoms with Gasteiger partial charge in [-0.2, -0.15) is 0 Å². The first-order valence-corrected chi connectivity index (χ1v) is 8.10. The van der Waals surface area contributed by atoms with E-state index in [2.05, 4.69) is 10.6 Å². The molecule has 0 bridgehead atoms. The molecule has 1 aromatic rings. The second-order valence-corrected chi connectivity index (χ2v) is 5.65. The zero-order valence-corrected chi connectivity index (χ0v) is 15.7. The van der Waals surface area contributed by atoms with E-state index >= 15 is 0 Å². The van der Waals surface area contributed by atoms with Crippen LogP contribution >= 0.6 is 12.4 Å². The number of rotatable bonds is 7. The third kappa shape index (κ3) is 5.24. The minimum absolute atomic E-state index is 0. The average molecular weight is 372 g/mol. The molecule has 1 fully saturated rings. The number of carbonyl (C=O) groups is 2. The molecule has 1 saturated heterocycles. The Labute approximate surface area is 154 Å². The van der Waals surface area contributed by atoms with Gasteiger partial charge in [-0.05, 0) is 26.0 Å². The maximum Gasteiger partial charge on any atom is 0.256 e. The van der Waals surface area contributed by atoms with Gasteiger partial charge in [0.1, 0.15) is 0 Å². The number of anilines is 1. The van der Waals surface area contributed by atoms with E-state index in [1.807, 2.05) is 0 Å². The van der Waals surface area contributed by atoms with Crippen LogP contribution in [-0.2, 0) is 4.79 Å². The molecule has 7 nitrogen and oxygen atoms in total. The van der Waals surface area contributed by atoms with Crippen LogP contribution in [0.5, 0.6) is 11.5 Å². The third-order valence-corrected chi connectivity index (χ3v) is 4.02. The predicted octanol–water partition coefficient (Wildman–Crippen LogP) is 1.91. The number of ether oxygens (including phenoxy) is 2. The third-order valence-electron chi connectivity index (χ3n) is 4.02. The van der Waals surface area contributed by atoms with Gasteiger partial charge in [0.2, 0.25) is 5.91 Å². The van der Waals surface area contributed by atoms with Crippen molar-refractivity contribution < 1.29 is 19.1 Å². The number of nitrogens with one attached hydrogen (secondary N) is 2. The molecule has 0 aromatic heterocycles. The number of hydrogen-bond acceptors (Lipinski definition) is 5.